The Morgan fingerprint density at radius 1 is 1.20 bits per heavy atom. The Labute approximate surface area is 125 Å². The third-order valence-electron chi connectivity index (χ3n) is 3.32. The molecular weight excluding hydrogens is 322 g/mol. The fourth-order valence-corrected chi connectivity index (χ4v) is 2.50. The van der Waals surface area contributed by atoms with E-state index in [1.807, 2.05) is 13.0 Å². The summed E-state index contributed by atoms with van der Waals surface area (Å²) in [5.41, 5.74) is 0.996. The smallest absolute Gasteiger partial charge is 0.225 e. The first-order chi connectivity index (χ1) is 9.70. The zero-order chi connectivity index (χ0) is 13.9. The molecule has 0 aromatic carbocycles. The van der Waals surface area contributed by atoms with E-state index >= 15 is 0 Å². The van der Waals surface area contributed by atoms with Crippen LogP contribution in [0, 0.1) is 6.92 Å². The van der Waals surface area contributed by atoms with Crippen LogP contribution >= 0.6 is 15.9 Å². The molecular formula is C13H16BrN5O. The van der Waals surface area contributed by atoms with Crippen molar-refractivity contribution in [3.8, 4) is 0 Å². The number of halogens is 1. The minimum Gasteiger partial charge on any atom is -0.361 e. The highest BCUT2D eigenvalue weighted by atomic mass is 79.9. The Morgan fingerprint density at radius 2 is 1.90 bits per heavy atom. The van der Waals surface area contributed by atoms with Crippen LogP contribution in [0.25, 0.3) is 0 Å². The van der Waals surface area contributed by atoms with E-state index in [0.29, 0.717) is 0 Å². The van der Waals surface area contributed by atoms with Gasteiger partial charge in [-0.2, -0.15) is 0 Å². The van der Waals surface area contributed by atoms with Gasteiger partial charge in [-0.3, -0.25) is 4.90 Å². The molecule has 0 bridgehead atoms. The third kappa shape index (κ3) is 3.16. The second-order valence-electron chi connectivity index (χ2n) is 4.89. The van der Waals surface area contributed by atoms with Crippen LogP contribution in [0.2, 0.25) is 0 Å². The number of hydrogen-bond donors (Lipinski definition) is 0. The van der Waals surface area contributed by atoms with Crippen LogP contribution in [0.3, 0.4) is 0 Å². The van der Waals surface area contributed by atoms with Gasteiger partial charge in [-0.05, 0) is 22.9 Å². The minimum absolute atomic E-state index is 0.796. The predicted molar refractivity (Wildman–Crippen MR) is 78.5 cm³/mol. The molecule has 20 heavy (non-hydrogen) atoms. The Morgan fingerprint density at radius 3 is 2.50 bits per heavy atom. The Hall–Kier alpha value is -1.47. The van der Waals surface area contributed by atoms with Crippen molar-refractivity contribution in [1.82, 2.24) is 20.0 Å². The maximum Gasteiger partial charge on any atom is 0.225 e. The van der Waals surface area contributed by atoms with Crippen molar-refractivity contribution in [2.75, 3.05) is 31.1 Å². The molecule has 0 spiro atoms. The van der Waals surface area contributed by atoms with E-state index in [4.69, 9.17) is 4.52 Å². The van der Waals surface area contributed by atoms with Crippen LogP contribution in [0.1, 0.15) is 11.5 Å². The molecule has 0 saturated carbocycles. The average molecular weight is 338 g/mol. The SMILES string of the molecule is Cc1cc(CN2CCN(c3ncc(Br)cn3)CC2)no1. The second-order valence-corrected chi connectivity index (χ2v) is 5.81. The number of piperazine rings is 1. The standard InChI is InChI=1S/C13H16BrN5O/c1-10-6-12(17-20-10)9-18-2-4-19(5-3-18)13-15-7-11(14)8-16-13/h6-8H,2-5,9H2,1H3. The van der Waals surface area contributed by atoms with Crippen molar-refractivity contribution < 1.29 is 4.52 Å². The highest BCUT2D eigenvalue weighted by Gasteiger charge is 2.19. The van der Waals surface area contributed by atoms with Gasteiger partial charge in [0.1, 0.15) is 5.76 Å². The quantitative estimate of drug-likeness (QED) is 0.851. The van der Waals surface area contributed by atoms with E-state index in [-0.39, 0.29) is 0 Å². The topological polar surface area (TPSA) is 58.3 Å². The average Bonchev–Trinajstić information content (AvgIpc) is 2.86. The van der Waals surface area contributed by atoms with Gasteiger partial charge in [0.25, 0.3) is 0 Å². The molecule has 1 aliphatic rings. The van der Waals surface area contributed by atoms with E-state index in [2.05, 4.69) is 40.9 Å². The second kappa shape index (κ2) is 5.88. The Kier molecular flexibility index (Phi) is 3.98. The molecule has 7 heteroatoms. The van der Waals surface area contributed by atoms with Gasteiger partial charge in [-0.15, -0.1) is 0 Å². The van der Waals surface area contributed by atoms with E-state index in [1.165, 1.54) is 0 Å². The molecule has 1 aliphatic heterocycles. The van der Waals surface area contributed by atoms with Crippen molar-refractivity contribution in [2.45, 2.75) is 13.5 Å². The van der Waals surface area contributed by atoms with E-state index in [0.717, 1.165) is 54.6 Å². The van der Waals surface area contributed by atoms with Crippen LogP contribution in [0.4, 0.5) is 5.95 Å². The van der Waals surface area contributed by atoms with Gasteiger partial charge >= 0.3 is 0 Å². The molecule has 0 aliphatic carbocycles. The minimum atomic E-state index is 0.796. The van der Waals surface area contributed by atoms with Crippen LogP contribution in [0.5, 0.6) is 0 Å². The normalized spacial score (nSPS) is 16.6. The van der Waals surface area contributed by atoms with E-state index in [9.17, 15) is 0 Å². The molecule has 6 nitrogen and oxygen atoms in total. The summed E-state index contributed by atoms with van der Waals surface area (Å²) in [5, 5.41) is 4.04. The highest BCUT2D eigenvalue weighted by molar-refractivity contribution is 9.10. The van der Waals surface area contributed by atoms with Crippen LogP contribution in [0.15, 0.2) is 27.5 Å². The Balaban J connectivity index is 1.55. The molecule has 0 atom stereocenters. The van der Waals surface area contributed by atoms with Crippen molar-refractivity contribution in [3.63, 3.8) is 0 Å². The van der Waals surface area contributed by atoms with E-state index < -0.39 is 0 Å². The molecule has 3 heterocycles. The van der Waals surface area contributed by atoms with Gasteiger partial charge in [-0.1, -0.05) is 5.16 Å². The monoisotopic (exact) mass is 337 g/mol. The largest absolute Gasteiger partial charge is 0.361 e. The number of nitrogens with zero attached hydrogens (tertiary/aromatic N) is 5. The number of anilines is 1. The summed E-state index contributed by atoms with van der Waals surface area (Å²) in [7, 11) is 0. The van der Waals surface area contributed by atoms with Gasteiger partial charge in [0.05, 0.1) is 10.2 Å². The molecule has 0 N–H and O–H groups in total. The number of rotatable bonds is 3. The van der Waals surface area contributed by atoms with Gasteiger partial charge in [-0.25, -0.2) is 9.97 Å². The molecule has 106 valence electrons. The summed E-state index contributed by atoms with van der Waals surface area (Å²) in [4.78, 5) is 13.2. The molecule has 2 aromatic heterocycles. The van der Waals surface area contributed by atoms with Crippen molar-refractivity contribution in [2.24, 2.45) is 0 Å². The fourth-order valence-electron chi connectivity index (χ4n) is 2.30. The molecule has 1 saturated heterocycles. The molecule has 3 rings (SSSR count). The maximum absolute atomic E-state index is 5.10. The van der Waals surface area contributed by atoms with Gasteiger partial charge in [0, 0.05) is 51.2 Å². The first-order valence-corrected chi connectivity index (χ1v) is 7.37. The number of aromatic nitrogens is 3. The lowest BCUT2D eigenvalue weighted by Gasteiger charge is -2.34. The lowest BCUT2D eigenvalue weighted by Crippen LogP contribution is -2.46. The molecule has 0 unspecified atom stereocenters. The zero-order valence-electron chi connectivity index (χ0n) is 11.3. The summed E-state index contributed by atoms with van der Waals surface area (Å²) >= 11 is 3.35. The summed E-state index contributed by atoms with van der Waals surface area (Å²) < 4.78 is 6.00. The van der Waals surface area contributed by atoms with Crippen LogP contribution in [-0.4, -0.2) is 46.2 Å². The molecule has 0 radical (unpaired) electrons. The van der Waals surface area contributed by atoms with Gasteiger partial charge < -0.3 is 9.42 Å². The first kappa shape index (κ1) is 13.5. The summed E-state index contributed by atoms with van der Waals surface area (Å²) in [6.07, 6.45) is 3.57. The van der Waals surface area contributed by atoms with Gasteiger partial charge in [0.15, 0.2) is 0 Å². The summed E-state index contributed by atoms with van der Waals surface area (Å²) in [6.45, 7) is 6.57. The number of hydrogen-bond acceptors (Lipinski definition) is 6. The van der Waals surface area contributed by atoms with Crippen molar-refractivity contribution in [3.05, 3.63) is 34.4 Å². The Bertz CT molecular complexity index is 562. The predicted octanol–water partition coefficient (Wildman–Crippen LogP) is 1.86. The van der Waals surface area contributed by atoms with Crippen molar-refractivity contribution in [1.29, 1.82) is 0 Å². The molecule has 1 fully saturated rings. The summed E-state index contributed by atoms with van der Waals surface area (Å²) in [5.74, 6) is 1.66. The maximum atomic E-state index is 5.10. The zero-order valence-corrected chi connectivity index (χ0v) is 12.9. The number of aryl methyl sites for hydroxylation is 1. The summed E-state index contributed by atoms with van der Waals surface area (Å²) in [6, 6.07) is 1.99. The molecule has 0 amide bonds. The fraction of sp³-hybridized carbons (Fsp3) is 0.462. The van der Waals surface area contributed by atoms with Gasteiger partial charge in [0.2, 0.25) is 5.95 Å². The molecule has 2 aromatic rings. The third-order valence-corrected chi connectivity index (χ3v) is 3.73. The lowest BCUT2D eigenvalue weighted by molar-refractivity contribution is 0.240. The lowest BCUT2D eigenvalue weighted by atomic mass is 10.3. The van der Waals surface area contributed by atoms with Crippen LogP contribution in [-0.2, 0) is 6.54 Å². The first-order valence-electron chi connectivity index (χ1n) is 6.58. The van der Waals surface area contributed by atoms with E-state index in [1.54, 1.807) is 12.4 Å². The van der Waals surface area contributed by atoms with Crippen molar-refractivity contribution >= 4 is 21.9 Å². The van der Waals surface area contributed by atoms with Crippen LogP contribution < -0.4 is 4.90 Å². The highest BCUT2D eigenvalue weighted by Crippen LogP contribution is 2.14.